The molecule has 0 aliphatic rings. The molecule has 1 aromatic heterocycles. The summed E-state index contributed by atoms with van der Waals surface area (Å²) >= 11 is 2.62. The summed E-state index contributed by atoms with van der Waals surface area (Å²) in [5.41, 5.74) is 0.807. The molecule has 0 saturated carbocycles. The van der Waals surface area contributed by atoms with E-state index in [2.05, 4.69) is 20.8 Å². The van der Waals surface area contributed by atoms with Crippen molar-refractivity contribution in [3.05, 3.63) is 24.3 Å². The van der Waals surface area contributed by atoms with Crippen LogP contribution in [0.5, 0.6) is 5.75 Å². The molecule has 0 aliphatic heterocycles. The Morgan fingerprint density at radius 1 is 1.27 bits per heavy atom. The number of para-hydroxylation sites is 2. The molecule has 26 heavy (non-hydrogen) atoms. The highest BCUT2D eigenvalue weighted by atomic mass is 32.2. The summed E-state index contributed by atoms with van der Waals surface area (Å²) in [6, 6.07) is 7.58. The third kappa shape index (κ3) is 6.19. The Kier molecular flexibility index (Phi) is 7.67. The first-order valence-electron chi connectivity index (χ1n) is 7.91. The monoisotopic (exact) mass is 395 g/mol. The largest absolute Gasteiger partial charge is 0.492 e. The number of anilines is 2. The summed E-state index contributed by atoms with van der Waals surface area (Å²) in [6.45, 7) is 2.48. The molecule has 140 valence electrons. The van der Waals surface area contributed by atoms with Gasteiger partial charge in [0.25, 0.3) is 0 Å². The lowest BCUT2D eigenvalue weighted by Gasteiger charge is -2.10. The zero-order chi connectivity index (χ0) is 18.9. The van der Waals surface area contributed by atoms with Gasteiger partial charge in [-0.15, -0.1) is 10.2 Å². The molecule has 0 radical (unpaired) electrons. The summed E-state index contributed by atoms with van der Waals surface area (Å²) in [4.78, 5) is 24.6. The van der Waals surface area contributed by atoms with E-state index in [1.807, 2.05) is 31.2 Å². The molecule has 0 aliphatic carbocycles. The van der Waals surface area contributed by atoms with Gasteiger partial charge in [0.15, 0.2) is 4.34 Å². The maximum atomic E-state index is 11.8. The molecular weight excluding hydrogens is 374 g/mol. The van der Waals surface area contributed by atoms with E-state index in [-0.39, 0.29) is 24.1 Å². The van der Waals surface area contributed by atoms with Crippen molar-refractivity contribution >= 4 is 45.7 Å². The van der Waals surface area contributed by atoms with Crippen molar-refractivity contribution in [1.82, 2.24) is 20.4 Å². The Hall–Kier alpha value is -2.33. The van der Waals surface area contributed by atoms with Crippen LogP contribution in [-0.2, 0) is 9.59 Å². The van der Waals surface area contributed by atoms with Gasteiger partial charge in [-0.2, -0.15) is 0 Å². The van der Waals surface area contributed by atoms with Crippen molar-refractivity contribution in [2.24, 2.45) is 0 Å². The van der Waals surface area contributed by atoms with Crippen LogP contribution >= 0.6 is 23.1 Å². The number of carbonyl (C=O) groups is 2. The van der Waals surface area contributed by atoms with E-state index in [1.54, 1.807) is 14.1 Å². The van der Waals surface area contributed by atoms with Gasteiger partial charge in [-0.05, 0) is 19.1 Å². The number of likely N-dealkylation sites (N-methyl/N-ethyl adjacent to an activating group) is 1. The summed E-state index contributed by atoms with van der Waals surface area (Å²) in [5, 5.41) is 14.5. The first-order valence-corrected chi connectivity index (χ1v) is 9.71. The van der Waals surface area contributed by atoms with E-state index in [0.29, 0.717) is 16.1 Å². The molecule has 2 amide bonds. The number of thioether (sulfide) groups is 1. The molecule has 0 fully saturated rings. The van der Waals surface area contributed by atoms with Gasteiger partial charge in [0.05, 0.1) is 24.6 Å². The van der Waals surface area contributed by atoms with Crippen molar-refractivity contribution in [2.45, 2.75) is 11.3 Å². The smallest absolute Gasteiger partial charge is 0.241 e. The number of amides is 2. The highest BCUT2D eigenvalue weighted by Crippen LogP contribution is 2.31. The molecule has 2 N–H and O–H groups in total. The van der Waals surface area contributed by atoms with E-state index in [9.17, 15) is 9.59 Å². The minimum absolute atomic E-state index is 0.0104. The maximum absolute atomic E-state index is 11.8. The number of nitrogens with one attached hydrogen (secondary N) is 2. The van der Waals surface area contributed by atoms with E-state index >= 15 is 0 Å². The number of rotatable bonds is 9. The van der Waals surface area contributed by atoms with Crippen LogP contribution in [0.4, 0.5) is 10.8 Å². The molecule has 10 heteroatoms. The van der Waals surface area contributed by atoms with Crippen LogP contribution in [0.1, 0.15) is 6.92 Å². The standard InChI is InChI=1S/C16H21N5O3S2/c1-4-24-12-8-6-5-7-11(12)18-15-19-20-16(26-15)25-10-13(22)17-9-14(23)21(2)3/h5-8H,4,9-10H2,1-3H3,(H,17,22)(H,18,19). The fraction of sp³-hybridized carbons (Fsp3) is 0.375. The molecule has 0 unspecified atom stereocenters. The quantitative estimate of drug-likeness (QED) is 0.627. The van der Waals surface area contributed by atoms with Crippen molar-refractivity contribution in [3.8, 4) is 5.75 Å². The molecule has 0 atom stereocenters. The van der Waals surface area contributed by atoms with Gasteiger partial charge in [-0.25, -0.2) is 0 Å². The van der Waals surface area contributed by atoms with Crippen molar-refractivity contribution in [3.63, 3.8) is 0 Å². The maximum Gasteiger partial charge on any atom is 0.241 e. The highest BCUT2D eigenvalue weighted by Gasteiger charge is 2.11. The zero-order valence-electron chi connectivity index (χ0n) is 14.8. The highest BCUT2D eigenvalue weighted by molar-refractivity contribution is 8.01. The summed E-state index contributed by atoms with van der Waals surface area (Å²) < 4.78 is 6.23. The van der Waals surface area contributed by atoms with E-state index in [1.165, 1.54) is 28.0 Å². The van der Waals surface area contributed by atoms with Crippen LogP contribution < -0.4 is 15.4 Å². The van der Waals surface area contributed by atoms with Gasteiger partial charge in [-0.3, -0.25) is 9.59 Å². The Bertz CT molecular complexity index is 751. The number of carbonyl (C=O) groups excluding carboxylic acids is 2. The van der Waals surface area contributed by atoms with Crippen LogP contribution in [0.2, 0.25) is 0 Å². The first-order chi connectivity index (χ1) is 12.5. The third-order valence-corrected chi connectivity index (χ3v) is 5.07. The Balaban J connectivity index is 1.84. The minimum Gasteiger partial charge on any atom is -0.492 e. The number of aromatic nitrogens is 2. The normalized spacial score (nSPS) is 10.3. The van der Waals surface area contributed by atoms with Crippen molar-refractivity contribution in [2.75, 3.05) is 38.3 Å². The van der Waals surface area contributed by atoms with Crippen LogP contribution in [0.3, 0.4) is 0 Å². The molecule has 2 aromatic rings. The minimum atomic E-state index is -0.225. The van der Waals surface area contributed by atoms with Gasteiger partial charge in [0.2, 0.25) is 16.9 Å². The lowest BCUT2D eigenvalue weighted by Crippen LogP contribution is -2.36. The van der Waals surface area contributed by atoms with Crippen LogP contribution in [0.25, 0.3) is 0 Å². The van der Waals surface area contributed by atoms with E-state index in [4.69, 9.17) is 4.74 Å². The van der Waals surface area contributed by atoms with Crippen LogP contribution in [0.15, 0.2) is 28.6 Å². The predicted octanol–water partition coefficient (Wildman–Crippen LogP) is 1.98. The van der Waals surface area contributed by atoms with E-state index < -0.39 is 0 Å². The molecule has 1 aromatic carbocycles. The second-order valence-electron chi connectivity index (χ2n) is 5.28. The summed E-state index contributed by atoms with van der Waals surface area (Å²) in [7, 11) is 3.28. The third-order valence-electron chi connectivity index (χ3n) is 3.10. The summed E-state index contributed by atoms with van der Waals surface area (Å²) in [5.74, 6) is 0.532. The van der Waals surface area contributed by atoms with Gasteiger partial charge in [-0.1, -0.05) is 35.2 Å². The number of ether oxygens (including phenoxy) is 1. The average molecular weight is 396 g/mol. The lowest BCUT2D eigenvalue weighted by molar-refractivity contribution is -0.130. The van der Waals surface area contributed by atoms with Gasteiger partial charge in [0.1, 0.15) is 5.75 Å². The predicted molar refractivity (Wildman–Crippen MR) is 103 cm³/mol. The Labute approximate surface area is 160 Å². The van der Waals surface area contributed by atoms with Gasteiger partial charge >= 0.3 is 0 Å². The summed E-state index contributed by atoms with van der Waals surface area (Å²) in [6.07, 6.45) is 0. The van der Waals surface area contributed by atoms with Gasteiger partial charge in [0, 0.05) is 14.1 Å². The topological polar surface area (TPSA) is 96.5 Å². The van der Waals surface area contributed by atoms with Crippen LogP contribution in [-0.4, -0.2) is 59.9 Å². The number of benzene rings is 1. The second-order valence-corrected chi connectivity index (χ2v) is 7.48. The second kappa shape index (κ2) is 9.97. The Morgan fingerprint density at radius 3 is 2.77 bits per heavy atom. The number of nitrogens with zero attached hydrogens (tertiary/aromatic N) is 3. The zero-order valence-corrected chi connectivity index (χ0v) is 16.4. The lowest BCUT2D eigenvalue weighted by atomic mass is 10.3. The van der Waals surface area contributed by atoms with Gasteiger partial charge < -0.3 is 20.3 Å². The molecule has 2 rings (SSSR count). The number of hydrogen-bond donors (Lipinski definition) is 2. The van der Waals surface area contributed by atoms with Crippen molar-refractivity contribution in [1.29, 1.82) is 0 Å². The molecule has 1 heterocycles. The molecule has 0 bridgehead atoms. The average Bonchev–Trinajstić information content (AvgIpc) is 3.07. The molecular formula is C16H21N5O3S2. The molecule has 8 nitrogen and oxygen atoms in total. The fourth-order valence-electron chi connectivity index (χ4n) is 1.80. The molecule has 0 spiro atoms. The Morgan fingerprint density at radius 2 is 2.04 bits per heavy atom. The SMILES string of the molecule is CCOc1ccccc1Nc1nnc(SCC(=O)NCC(=O)N(C)C)s1. The first kappa shape index (κ1) is 20.0. The van der Waals surface area contributed by atoms with Crippen LogP contribution in [0, 0.1) is 0 Å². The fourth-order valence-corrected chi connectivity index (χ4v) is 3.39. The van der Waals surface area contributed by atoms with Crippen molar-refractivity contribution < 1.29 is 14.3 Å². The van der Waals surface area contributed by atoms with E-state index in [0.717, 1.165) is 11.4 Å². The molecule has 0 saturated heterocycles. The number of hydrogen-bond acceptors (Lipinski definition) is 8.